The van der Waals surface area contributed by atoms with Gasteiger partial charge in [0.2, 0.25) is 0 Å². The summed E-state index contributed by atoms with van der Waals surface area (Å²) in [6.45, 7) is 2.46. The molecule has 6 heteroatoms. The van der Waals surface area contributed by atoms with Gasteiger partial charge in [-0.05, 0) is 29.7 Å². The number of esters is 1. The lowest BCUT2D eigenvalue weighted by Gasteiger charge is -2.13. The van der Waals surface area contributed by atoms with Crippen LogP contribution in [-0.2, 0) is 16.1 Å². The standard InChI is InChI=1S/C20H20N2O4/c1-2-12-26-19(24)16-10-8-14(9-11-16)13-22-18(23)17(21-20(22)25)15-6-4-3-5-7-15/h3-11,17H,2,12-13H2,1H3,(H,21,25). The normalized spacial score (nSPS) is 16.5. The van der Waals surface area contributed by atoms with E-state index in [1.807, 2.05) is 37.3 Å². The van der Waals surface area contributed by atoms with E-state index < -0.39 is 12.1 Å². The number of benzene rings is 2. The highest BCUT2D eigenvalue weighted by Gasteiger charge is 2.38. The highest BCUT2D eigenvalue weighted by Crippen LogP contribution is 2.23. The number of rotatable bonds is 6. The smallest absolute Gasteiger partial charge is 0.338 e. The molecule has 134 valence electrons. The summed E-state index contributed by atoms with van der Waals surface area (Å²) in [6.07, 6.45) is 0.762. The van der Waals surface area contributed by atoms with E-state index in [0.29, 0.717) is 12.2 Å². The van der Waals surface area contributed by atoms with Crippen molar-refractivity contribution in [2.24, 2.45) is 0 Å². The monoisotopic (exact) mass is 352 g/mol. The van der Waals surface area contributed by atoms with Crippen LogP contribution < -0.4 is 5.32 Å². The van der Waals surface area contributed by atoms with Crippen molar-refractivity contribution in [2.45, 2.75) is 25.9 Å². The molecule has 1 saturated heterocycles. The van der Waals surface area contributed by atoms with Gasteiger partial charge in [-0.2, -0.15) is 0 Å². The van der Waals surface area contributed by atoms with E-state index in [4.69, 9.17) is 4.74 Å². The van der Waals surface area contributed by atoms with Crippen LogP contribution in [0, 0.1) is 0 Å². The molecule has 1 aliphatic rings. The zero-order valence-electron chi connectivity index (χ0n) is 14.5. The Bertz CT molecular complexity index is 802. The Labute approximate surface area is 151 Å². The average molecular weight is 352 g/mol. The zero-order chi connectivity index (χ0) is 18.5. The quantitative estimate of drug-likeness (QED) is 0.640. The molecule has 0 spiro atoms. The fourth-order valence-electron chi connectivity index (χ4n) is 2.75. The SMILES string of the molecule is CCCOC(=O)c1ccc(CN2C(=O)NC(c3ccccc3)C2=O)cc1. The highest BCUT2D eigenvalue weighted by molar-refractivity contribution is 6.04. The molecule has 1 atom stereocenters. The van der Waals surface area contributed by atoms with Crippen LogP contribution in [0.15, 0.2) is 54.6 Å². The molecule has 1 aliphatic heterocycles. The first-order chi connectivity index (χ1) is 12.6. The maximum Gasteiger partial charge on any atom is 0.338 e. The molecular formula is C20H20N2O4. The Hall–Kier alpha value is -3.15. The van der Waals surface area contributed by atoms with Gasteiger partial charge in [0.05, 0.1) is 18.7 Å². The van der Waals surface area contributed by atoms with Gasteiger partial charge >= 0.3 is 12.0 Å². The van der Waals surface area contributed by atoms with E-state index in [-0.39, 0.29) is 18.4 Å². The molecule has 2 aromatic rings. The number of ether oxygens (including phenoxy) is 1. The van der Waals surface area contributed by atoms with E-state index in [9.17, 15) is 14.4 Å². The van der Waals surface area contributed by atoms with E-state index in [0.717, 1.165) is 17.5 Å². The molecule has 2 aromatic carbocycles. The molecule has 1 unspecified atom stereocenters. The fourth-order valence-corrected chi connectivity index (χ4v) is 2.75. The third kappa shape index (κ3) is 3.74. The minimum atomic E-state index is -0.660. The molecule has 3 amide bonds. The number of carbonyl (C=O) groups excluding carboxylic acids is 3. The van der Waals surface area contributed by atoms with E-state index in [1.165, 1.54) is 4.90 Å². The van der Waals surface area contributed by atoms with Crippen LogP contribution in [0.25, 0.3) is 0 Å². The van der Waals surface area contributed by atoms with Crippen LogP contribution in [0.2, 0.25) is 0 Å². The van der Waals surface area contributed by atoms with Crippen molar-refractivity contribution in [2.75, 3.05) is 6.61 Å². The van der Waals surface area contributed by atoms with Crippen LogP contribution in [0.4, 0.5) is 4.79 Å². The van der Waals surface area contributed by atoms with Crippen molar-refractivity contribution < 1.29 is 19.1 Å². The van der Waals surface area contributed by atoms with Crippen LogP contribution in [0.5, 0.6) is 0 Å². The lowest BCUT2D eigenvalue weighted by molar-refractivity contribution is -0.128. The molecule has 1 heterocycles. The molecule has 0 saturated carbocycles. The number of nitrogens with zero attached hydrogens (tertiary/aromatic N) is 1. The lowest BCUT2D eigenvalue weighted by Crippen LogP contribution is -2.30. The maximum absolute atomic E-state index is 12.6. The van der Waals surface area contributed by atoms with Gasteiger partial charge in [-0.1, -0.05) is 49.4 Å². The molecule has 0 aromatic heterocycles. The summed E-state index contributed by atoms with van der Waals surface area (Å²) < 4.78 is 5.08. The van der Waals surface area contributed by atoms with E-state index in [1.54, 1.807) is 24.3 Å². The molecule has 0 aliphatic carbocycles. The van der Waals surface area contributed by atoms with Gasteiger partial charge in [-0.3, -0.25) is 9.69 Å². The number of amides is 3. The Morgan fingerprint density at radius 3 is 2.42 bits per heavy atom. The molecule has 1 N–H and O–H groups in total. The van der Waals surface area contributed by atoms with Gasteiger partial charge in [0.25, 0.3) is 5.91 Å². The number of hydrogen-bond donors (Lipinski definition) is 1. The van der Waals surface area contributed by atoms with Crippen LogP contribution in [0.1, 0.15) is 40.9 Å². The van der Waals surface area contributed by atoms with Crippen molar-refractivity contribution in [3.63, 3.8) is 0 Å². The second-order valence-corrected chi connectivity index (χ2v) is 6.05. The first kappa shape index (κ1) is 17.7. The minimum absolute atomic E-state index is 0.151. The van der Waals surface area contributed by atoms with Crippen molar-refractivity contribution in [1.82, 2.24) is 10.2 Å². The number of nitrogens with one attached hydrogen (secondary N) is 1. The predicted octanol–water partition coefficient (Wildman–Crippen LogP) is 3.05. The summed E-state index contributed by atoms with van der Waals surface area (Å²) in [5.41, 5.74) is 1.96. The molecular weight excluding hydrogens is 332 g/mol. The predicted molar refractivity (Wildman–Crippen MR) is 95.3 cm³/mol. The van der Waals surface area contributed by atoms with Crippen LogP contribution in [-0.4, -0.2) is 29.4 Å². The Balaban J connectivity index is 1.68. The van der Waals surface area contributed by atoms with E-state index in [2.05, 4.69) is 5.32 Å². The third-order valence-electron chi connectivity index (χ3n) is 4.13. The van der Waals surface area contributed by atoms with Gasteiger partial charge in [0.15, 0.2) is 0 Å². The second kappa shape index (κ2) is 7.82. The molecule has 0 radical (unpaired) electrons. The number of carbonyl (C=O) groups is 3. The zero-order valence-corrected chi connectivity index (χ0v) is 14.5. The summed E-state index contributed by atoms with van der Waals surface area (Å²) in [5, 5.41) is 2.71. The Morgan fingerprint density at radius 2 is 1.77 bits per heavy atom. The van der Waals surface area contributed by atoms with Crippen molar-refractivity contribution in [1.29, 1.82) is 0 Å². The third-order valence-corrected chi connectivity index (χ3v) is 4.13. The molecule has 6 nitrogen and oxygen atoms in total. The summed E-state index contributed by atoms with van der Waals surface area (Å²) in [5.74, 6) is -0.662. The first-order valence-electron chi connectivity index (χ1n) is 8.53. The summed E-state index contributed by atoms with van der Waals surface area (Å²) in [7, 11) is 0. The van der Waals surface area contributed by atoms with Gasteiger partial charge in [0.1, 0.15) is 6.04 Å². The minimum Gasteiger partial charge on any atom is -0.462 e. The topological polar surface area (TPSA) is 75.7 Å². The lowest BCUT2D eigenvalue weighted by atomic mass is 10.1. The number of imide groups is 1. The van der Waals surface area contributed by atoms with Gasteiger partial charge < -0.3 is 10.1 Å². The summed E-state index contributed by atoms with van der Waals surface area (Å²) >= 11 is 0. The number of hydrogen-bond acceptors (Lipinski definition) is 4. The highest BCUT2D eigenvalue weighted by atomic mass is 16.5. The summed E-state index contributed by atoms with van der Waals surface area (Å²) in [6, 6.07) is 14.8. The number of urea groups is 1. The fraction of sp³-hybridized carbons (Fsp3) is 0.250. The summed E-state index contributed by atoms with van der Waals surface area (Å²) in [4.78, 5) is 37.8. The van der Waals surface area contributed by atoms with Gasteiger partial charge in [0, 0.05) is 0 Å². The molecule has 3 rings (SSSR count). The van der Waals surface area contributed by atoms with Gasteiger partial charge in [-0.25, -0.2) is 9.59 Å². The first-order valence-corrected chi connectivity index (χ1v) is 8.53. The maximum atomic E-state index is 12.6. The van der Waals surface area contributed by atoms with Crippen LogP contribution in [0.3, 0.4) is 0 Å². The second-order valence-electron chi connectivity index (χ2n) is 6.05. The molecule has 0 bridgehead atoms. The Kier molecular flexibility index (Phi) is 5.31. The van der Waals surface area contributed by atoms with E-state index >= 15 is 0 Å². The van der Waals surface area contributed by atoms with Crippen molar-refractivity contribution in [3.05, 3.63) is 71.3 Å². The molecule has 1 fully saturated rings. The van der Waals surface area contributed by atoms with Crippen LogP contribution >= 0.6 is 0 Å². The average Bonchev–Trinajstić information content (AvgIpc) is 2.95. The van der Waals surface area contributed by atoms with Gasteiger partial charge in [-0.15, -0.1) is 0 Å². The molecule has 26 heavy (non-hydrogen) atoms. The van der Waals surface area contributed by atoms with Crippen molar-refractivity contribution >= 4 is 17.9 Å². The van der Waals surface area contributed by atoms with Crippen molar-refractivity contribution in [3.8, 4) is 0 Å². The Morgan fingerprint density at radius 1 is 1.08 bits per heavy atom. The largest absolute Gasteiger partial charge is 0.462 e.